The first-order chi connectivity index (χ1) is 12.2. The molecule has 1 aliphatic rings. The quantitative estimate of drug-likeness (QED) is 0.860. The van der Waals surface area contributed by atoms with Crippen LogP contribution in [-0.4, -0.2) is 29.9 Å². The molecule has 5 heteroatoms. The molecule has 2 aromatic carbocycles. The first-order valence-corrected chi connectivity index (χ1v) is 9.00. The van der Waals surface area contributed by atoms with Gasteiger partial charge in [-0.2, -0.15) is 0 Å². The van der Waals surface area contributed by atoms with Gasteiger partial charge in [0, 0.05) is 29.7 Å². The predicted molar refractivity (Wildman–Crippen MR) is 99.7 cm³/mol. The monoisotopic (exact) mass is 358 g/mol. The lowest BCUT2D eigenvalue weighted by Gasteiger charge is -2.23. The normalized spacial score (nSPS) is 16.9. The summed E-state index contributed by atoms with van der Waals surface area (Å²) in [7, 11) is 0. The number of hydrogen-bond acceptors (Lipinski definition) is 3. The molecule has 1 atom stereocenters. The fourth-order valence-corrected chi connectivity index (χ4v) is 3.40. The van der Waals surface area contributed by atoms with Crippen molar-refractivity contribution in [2.24, 2.45) is 5.73 Å². The number of likely N-dealkylation sites (tertiary alicyclic amines) is 1. The Hall–Kier alpha value is -2.04. The van der Waals surface area contributed by atoms with Crippen LogP contribution in [0.1, 0.15) is 24.0 Å². The molecule has 1 heterocycles. The SMILES string of the molecule is NCC1CCCN1C(=O)Cc1cccc(OCc2ccccc2Cl)c1. The number of rotatable bonds is 6. The van der Waals surface area contributed by atoms with Crippen molar-refractivity contribution in [3.8, 4) is 5.75 Å². The Morgan fingerprint density at radius 3 is 2.88 bits per heavy atom. The molecule has 0 bridgehead atoms. The second-order valence-corrected chi connectivity index (χ2v) is 6.73. The summed E-state index contributed by atoms with van der Waals surface area (Å²) >= 11 is 6.15. The molecule has 25 heavy (non-hydrogen) atoms. The molecule has 2 aromatic rings. The highest BCUT2D eigenvalue weighted by Crippen LogP contribution is 2.21. The Labute approximate surface area is 153 Å². The fraction of sp³-hybridized carbons (Fsp3) is 0.350. The molecule has 1 amide bonds. The molecule has 1 unspecified atom stereocenters. The van der Waals surface area contributed by atoms with E-state index in [1.54, 1.807) is 0 Å². The maximum atomic E-state index is 12.5. The minimum Gasteiger partial charge on any atom is -0.489 e. The largest absolute Gasteiger partial charge is 0.489 e. The summed E-state index contributed by atoms with van der Waals surface area (Å²) in [6.45, 7) is 1.74. The highest BCUT2D eigenvalue weighted by Gasteiger charge is 2.27. The number of amides is 1. The maximum absolute atomic E-state index is 12.5. The molecule has 0 aromatic heterocycles. The number of ether oxygens (including phenoxy) is 1. The summed E-state index contributed by atoms with van der Waals surface area (Å²) in [5.74, 6) is 0.873. The second kappa shape index (κ2) is 8.37. The van der Waals surface area contributed by atoms with E-state index in [1.165, 1.54) is 0 Å². The summed E-state index contributed by atoms with van der Waals surface area (Å²) in [5, 5.41) is 0.690. The summed E-state index contributed by atoms with van der Waals surface area (Å²) in [6, 6.07) is 15.5. The van der Waals surface area contributed by atoms with Crippen LogP contribution in [0.5, 0.6) is 5.75 Å². The third kappa shape index (κ3) is 4.53. The van der Waals surface area contributed by atoms with Crippen LogP contribution in [0.2, 0.25) is 5.02 Å². The van der Waals surface area contributed by atoms with Crippen molar-refractivity contribution in [3.63, 3.8) is 0 Å². The van der Waals surface area contributed by atoms with E-state index < -0.39 is 0 Å². The van der Waals surface area contributed by atoms with E-state index in [4.69, 9.17) is 22.1 Å². The van der Waals surface area contributed by atoms with E-state index in [1.807, 2.05) is 53.4 Å². The smallest absolute Gasteiger partial charge is 0.227 e. The molecule has 132 valence electrons. The fourth-order valence-electron chi connectivity index (χ4n) is 3.21. The van der Waals surface area contributed by atoms with Gasteiger partial charge in [0.1, 0.15) is 12.4 Å². The van der Waals surface area contributed by atoms with Gasteiger partial charge >= 0.3 is 0 Å². The molecule has 1 aliphatic heterocycles. The standard InChI is InChI=1S/C20H23ClN2O2/c21-19-9-2-1-6-16(19)14-25-18-8-3-5-15(11-18)12-20(24)23-10-4-7-17(23)13-22/h1-3,5-6,8-9,11,17H,4,7,10,12-14,22H2. The summed E-state index contributed by atoms with van der Waals surface area (Å²) in [5.41, 5.74) is 7.65. The molecule has 0 spiro atoms. The first-order valence-electron chi connectivity index (χ1n) is 8.62. The topological polar surface area (TPSA) is 55.6 Å². The van der Waals surface area contributed by atoms with Gasteiger partial charge in [0.2, 0.25) is 5.91 Å². The average molecular weight is 359 g/mol. The van der Waals surface area contributed by atoms with Gasteiger partial charge in [0.25, 0.3) is 0 Å². The Morgan fingerprint density at radius 1 is 1.24 bits per heavy atom. The number of benzene rings is 2. The molecular weight excluding hydrogens is 336 g/mol. The molecule has 1 fully saturated rings. The van der Waals surface area contributed by atoms with Crippen LogP contribution in [-0.2, 0) is 17.8 Å². The highest BCUT2D eigenvalue weighted by atomic mass is 35.5. The minimum absolute atomic E-state index is 0.135. The summed E-state index contributed by atoms with van der Waals surface area (Å²) in [6.07, 6.45) is 2.41. The molecular formula is C20H23ClN2O2. The third-order valence-electron chi connectivity index (χ3n) is 4.58. The van der Waals surface area contributed by atoms with Gasteiger partial charge < -0.3 is 15.4 Å². The summed E-state index contributed by atoms with van der Waals surface area (Å²) in [4.78, 5) is 14.4. The predicted octanol–water partition coefficient (Wildman–Crippen LogP) is 3.41. The number of carbonyl (C=O) groups excluding carboxylic acids is 1. The van der Waals surface area contributed by atoms with Crippen LogP contribution >= 0.6 is 11.6 Å². The van der Waals surface area contributed by atoms with E-state index in [0.717, 1.165) is 36.3 Å². The Balaban J connectivity index is 1.61. The summed E-state index contributed by atoms with van der Waals surface area (Å²) < 4.78 is 5.83. The highest BCUT2D eigenvalue weighted by molar-refractivity contribution is 6.31. The van der Waals surface area contributed by atoms with E-state index in [-0.39, 0.29) is 11.9 Å². The number of nitrogens with zero attached hydrogens (tertiary/aromatic N) is 1. The van der Waals surface area contributed by atoms with Crippen LogP contribution in [0.15, 0.2) is 48.5 Å². The Morgan fingerprint density at radius 2 is 2.08 bits per heavy atom. The Kier molecular flexibility index (Phi) is 5.95. The van der Waals surface area contributed by atoms with E-state index >= 15 is 0 Å². The zero-order valence-corrected chi connectivity index (χ0v) is 14.9. The lowest BCUT2D eigenvalue weighted by Crippen LogP contribution is -2.40. The molecule has 1 saturated heterocycles. The molecule has 3 rings (SSSR count). The molecule has 2 N–H and O–H groups in total. The van der Waals surface area contributed by atoms with Gasteiger partial charge in [-0.3, -0.25) is 4.79 Å². The van der Waals surface area contributed by atoms with E-state index in [9.17, 15) is 4.79 Å². The molecule has 0 aliphatic carbocycles. The van der Waals surface area contributed by atoms with Crippen molar-refractivity contribution < 1.29 is 9.53 Å². The third-order valence-corrected chi connectivity index (χ3v) is 4.94. The van der Waals surface area contributed by atoms with Gasteiger partial charge in [-0.1, -0.05) is 41.9 Å². The van der Waals surface area contributed by atoms with Crippen molar-refractivity contribution >= 4 is 17.5 Å². The number of hydrogen-bond donors (Lipinski definition) is 1. The van der Waals surface area contributed by atoms with Gasteiger partial charge in [0.15, 0.2) is 0 Å². The average Bonchev–Trinajstić information content (AvgIpc) is 3.10. The minimum atomic E-state index is 0.135. The number of carbonyl (C=O) groups is 1. The van der Waals surface area contributed by atoms with Crippen LogP contribution < -0.4 is 10.5 Å². The zero-order valence-electron chi connectivity index (χ0n) is 14.2. The van der Waals surface area contributed by atoms with E-state index in [0.29, 0.717) is 24.6 Å². The number of nitrogens with two attached hydrogens (primary N) is 1. The van der Waals surface area contributed by atoms with Gasteiger partial charge in [-0.25, -0.2) is 0 Å². The van der Waals surface area contributed by atoms with Crippen LogP contribution in [0, 0.1) is 0 Å². The molecule has 0 saturated carbocycles. The van der Waals surface area contributed by atoms with Gasteiger partial charge in [-0.05, 0) is 36.6 Å². The van der Waals surface area contributed by atoms with Crippen molar-refractivity contribution in [3.05, 3.63) is 64.7 Å². The van der Waals surface area contributed by atoms with Crippen molar-refractivity contribution in [2.45, 2.75) is 31.9 Å². The first kappa shape index (κ1) is 17.8. The number of halogens is 1. The zero-order chi connectivity index (χ0) is 17.6. The van der Waals surface area contributed by atoms with Crippen molar-refractivity contribution in [1.82, 2.24) is 4.90 Å². The van der Waals surface area contributed by atoms with E-state index in [2.05, 4.69) is 0 Å². The molecule has 0 radical (unpaired) electrons. The van der Waals surface area contributed by atoms with Crippen LogP contribution in [0.3, 0.4) is 0 Å². The van der Waals surface area contributed by atoms with Gasteiger partial charge in [-0.15, -0.1) is 0 Å². The lowest BCUT2D eigenvalue weighted by atomic mass is 10.1. The van der Waals surface area contributed by atoms with Crippen molar-refractivity contribution in [1.29, 1.82) is 0 Å². The van der Waals surface area contributed by atoms with Crippen LogP contribution in [0.25, 0.3) is 0 Å². The lowest BCUT2D eigenvalue weighted by molar-refractivity contribution is -0.131. The second-order valence-electron chi connectivity index (χ2n) is 6.32. The maximum Gasteiger partial charge on any atom is 0.227 e. The van der Waals surface area contributed by atoms with Crippen molar-refractivity contribution in [2.75, 3.05) is 13.1 Å². The van der Waals surface area contributed by atoms with Crippen LogP contribution in [0.4, 0.5) is 0 Å². The van der Waals surface area contributed by atoms with Gasteiger partial charge in [0.05, 0.1) is 6.42 Å². The Bertz CT molecular complexity index is 735. The molecule has 4 nitrogen and oxygen atoms in total.